The number of phenols is 1. The number of amides is 1. The van der Waals surface area contributed by atoms with Crippen molar-refractivity contribution in [3.8, 4) is 5.75 Å². The molecular formula is C16H15ClFNO2. The Morgan fingerprint density at radius 3 is 2.43 bits per heavy atom. The molecule has 110 valence electrons. The molecule has 1 unspecified atom stereocenters. The Morgan fingerprint density at radius 2 is 1.86 bits per heavy atom. The number of nitrogens with zero attached hydrogens (tertiary/aromatic N) is 1. The number of hydrogen-bond acceptors (Lipinski definition) is 2. The minimum Gasteiger partial charge on any atom is -0.508 e. The molecule has 0 fully saturated rings. The monoisotopic (exact) mass is 307 g/mol. The van der Waals surface area contributed by atoms with Crippen LogP contribution in [-0.2, 0) is 0 Å². The smallest absolute Gasteiger partial charge is 0.255 e. The zero-order valence-corrected chi connectivity index (χ0v) is 12.4. The SMILES string of the molecule is CC(c1ccc(O)cc1)N(C)C(=O)c1ccc(F)cc1Cl. The van der Waals surface area contributed by atoms with Crippen LogP contribution in [0.25, 0.3) is 0 Å². The number of hydrogen-bond donors (Lipinski definition) is 1. The van der Waals surface area contributed by atoms with E-state index in [4.69, 9.17) is 11.6 Å². The summed E-state index contributed by atoms with van der Waals surface area (Å²) in [7, 11) is 1.65. The highest BCUT2D eigenvalue weighted by Gasteiger charge is 2.21. The summed E-state index contributed by atoms with van der Waals surface area (Å²) in [5.41, 5.74) is 1.13. The number of rotatable bonds is 3. The highest BCUT2D eigenvalue weighted by Crippen LogP contribution is 2.25. The average molecular weight is 308 g/mol. The fourth-order valence-corrected chi connectivity index (χ4v) is 2.25. The van der Waals surface area contributed by atoms with E-state index in [9.17, 15) is 14.3 Å². The Labute approximate surface area is 127 Å². The molecule has 5 heteroatoms. The third-order valence-electron chi connectivity index (χ3n) is 3.44. The molecular weight excluding hydrogens is 293 g/mol. The lowest BCUT2D eigenvalue weighted by atomic mass is 10.1. The predicted octanol–water partition coefficient (Wildman–Crippen LogP) is 4.02. The Morgan fingerprint density at radius 1 is 1.24 bits per heavy atom. The summed E-state index contributed by atoms with van der Waals surface area (Å²) in [4.78, 5) is 13.9. The van der Waals surface area contributed by atoms with E-state index in [0.29, 0.717) is 0 Å². The number of benzene rings is 2. The van der Waals surface area contributed by atoms with Gasteiger partial charge in [0.15, 0.2) is 0 Å². The van der Waals surface area contributed by atoms with Crippen LogP contribution in [-0.4, -0.2) is 23.0 Å². The number of phenolic OH excluding ortho intramolecular Hbond substituents is 1. The van der Waals surface area contributed by atoms with Gasteiger partial charge >= 0.3 is 0 Å². The first-order chi connectivity index (χ1) is 9.90. The summed E-state index contributed by atoms with van der Waals surface area (Å²) in [6, 6.07) is 10.1. The van der Waals surface area contributed by atoms with Crippen LogP contribution in [0, 0.1) is 5.82 Å². The van der Waals surface area contributed by atoms with E-state index >= 15 is 0 Å². The fourth-order valence-electron chi connectivity index (χ4n) is 2.01. The second-order valence-electron chi connectivity index (χ2n) is 4.81. The van der Waals surface area contributed by atoms with Gasteiger partial charge < -0.3 is 10.0 Å². The van der Waals surface area contributed by atoms with Gasteiger partial charge in [0.2, 0.25) is 0 Å². The summed E-state index contributed by atoms with van der Waals surface area (Å²) in [5.74, 6) is -0.604. The summed E-state index contributed by atoms with van der Waals surface area (Å²) in [5, 5.41) is 9.38. The van der Waals surface area contributed by atoms with Crippen molar-refractivity contribution in [2.75, 3.05) is 7.05 Å². The Bertz CT molecular complexity index is 658. The van der Waals surface area contributed by atoms with Crippen molar-refractivity contribution in [2.45, 2.75) is 13.0 Å². The molecule has 0 radical (unpaired) electrons. The molecule has 0 heterocycles. The van der Waals surface area contributed by atoms with E-state index in [1.165, 1.54) is 17.0 Å². The van der Waals surface area contributed by atoms with Crippen LogP contribution in [0.1, 0.15) is 28.9 Å². The van der Waals surface area contributed by atoms with Gasteiger partial charge in [0.25, 0.3) is 5.91 Å². The van der Waals surface area contributed by atoms with Gasteiger partial charge in [0.1, 0.15) is 11.6 Å². The van der Waals surface area contributed by atoms with Gasteiger partial charge in [-0.25, -0.2) is 4.39 Å². The molecule has 1 N–H and O–H groups in total. The van der Waals surface area contributed by atoms with E-state index in [1.807, 2.05) is 6.92 Å². The lowest BCUT2D eigenvalue weighted by Gasteiger charge is -2.26. The third kappa shape index (κ3) is 3.34. The van der Waals surface area contributed by atoms with Crippen LogP contribution in [0.4, 0.5) is 4.39 Å². The number of halogens is 2. The minimum atomic E-state index is -0.481. The van der Waals surface area contributed by atoms with Crippen molar-refractivity contribution in [3.63, 3.8) is 0 Å². The van der Waals surface area contributed by atoms with E-state index in [-0.39, 0.29) is 28.3 Å². The Balaban J connectivity index is 2.24. The Hall–Kier alpha value is -2.07. The molecule has 0 saturated heterocycles. The van der Waals surface area contributed by atoms with Gasteiger partial charge in [-0.1, -0.05) is 23.7 Å². The second kappa shape index (κ2) is 6.14. The van der Waals surface area contributed by atoms with Crippen LogP contribution in [0.3, 0.4) is 0 Å². The topological polar surface area (TPSA) is 40.5 Å². The standard InChI is InChI=1S/C16H15ClFNO2/c1-10(11-3-6-13(20)7-4-11)19(2)16(21)14-8-5-12(18)9-15(14)17/h3-10,20H,1-2H3. The average Bonchev–Trinajstić information content (AvgIpc) is 2.46. The third-order valence-corrected chi connectivity index (χ3v) is 3.75. The lowest BCUT2D eigenvalue weighted by Crippen LogP contribution is -2.29. The molecule has 0 spiro atoms. The van der Waals surface area contributed by atoms with E-state index in [0.717, 1.165) is 11.6 Å². The second-order valence-corrected chi connectivity index (χ2v) is 5.21. The first-order valence-corrected chi connectivity index (χ1v) is 6.79. The van der Waals surface area contributed by atoms with Crippen LogP contribution >= 0.6 is 11.6 Å². The zero-order valence-electron chi connectivity index (χ0n) is 11.7. The molecule has 0 aliphatic carbocycles. The first-order valence-electron chi connectivity index (χ1n) is 6.41. The van der Waals surface area contributed by atoms with Crippen molar-refractivity contribution >= 4 is 17.5 Å². The molecule has 1 amide bonds. The van der Waals surface area contributed by atoms with Crippen LogP contribution < -0.4 is 0 Å². The van der Waals surface area contributed by atoms with Gasteiger partial charge in [-0.15, -0.1) is 0 Å². The van der Waals surface area contributed by atoms with Gasteiger partial charge in [0, 0.05) is 7.05 Å². The number of carbonyl (C=O) groups excluding carboxylic acids is 1. The quantitative estimate of drug-likeness (QED) is 0.930. The fraction of sp³-hybridized carbons (Fsp3) is 0.188. The van der Waals surface area contributed by atoms with Crippen molar-refractivity contribution in [2.24, 2.45) is 0 Å². The molecule has 3 nitrogen and oxygen atoms in total. The summed E-state index contributed by atoms with van der Waals surface area (Å²) < 4.78 is 13.0. The van der Waals surface area contributed by atoms with Gasteiger partial charge in [0.05, 0.1) is 16.6 Å². The molecule has 2 rings (SSSR count). The lowest BCUT2D eigenvalue weighted by molar-refractivity contribution is 0.0743. The maximum Gasteiger partial charge on any atom is 0.255 e. The number of carbonyl (C=O) groups is 1. The van der Waals surface area contributed by atoms with Crippen molar-refractivity contribution in [1.82, 2.24) is 4.90 Å². The van der Waals surface area contributed by atoms with E-state index in [1.54, 1.807) is 31.3 Å². The van der Waals surface area contributed by atoms with Crippen LogP contribution in [0.5, 0.6) is 5.75 Å². The maximum atomic E-state index is 13.0. The molecule has 0 aliphatic rings. The first kappa shape index (κ1) is 15.3. The number of aromatic hydroxyl groups is 1. The van der Waals surface area contributed by atoms with Crippen LogP contribution in [0.15, 0.2) is 42.5 Å². The maximum absolute atomic E-state index is 13.0. The summed E-state index contributed by atoms with van der Waals surface area (Å²) in [6.45, 7) is 1.86. The predicted molar refractivity (Wildman–Crippen MR) is 80.0 cm³/mol. The summed E-state index contributed by atoms with van der Waals surface area (Å²) >= 11 is 5.92. The molecule has 0 bridgehead atoms. The largest absolute Gasteiger partial charge is 0.508 e. The normalized spacial score (nSPS) is 12.0. The molecule has 21 heavy (non-hydrogen) atoms. The minimum absolute atomic E-state index is 0.0877. The van der Waals surface area contributed by atoms with Crippen molar-refractivity contribution in [3.05, 3.63) is 64.4 Å². The molecule has 2 aromatic carbocycles. The van der Waals surface area contributed by atoms with E-state index in [2.05, 4.69) is 0 Å². The molecule has 0 aliphatic heterocycles. The van der Waals surface area contributed by atoms with Crippen LogP contribution in [0.2, 0.25) is 5.02 Å². The highest BCUT2D eigenvalue weighted by atomic mass is 35.5. The molecule has 1 atom stereocenters. The summed E-state index contributed by atoms with van der Waals surface area (Å²) in [6.07, 6.45) is 0. The highest BCUT2D eigenvalue weighted by molar-refractivity contribution is 6.33. The van der Waals surface area contributed by atoms with Gasteiger partial charge in [-0.3, -0.25) is 4.79 Å². The molecule has 0 aromatic heterocycles. The van der Waals surface area contributed by atoms with E-state index < -0.39 is 5.82 Å². The zero-order chi connectivity index (χ0) is 15.6. The van der Waals surface area contributed by atoms with Crippen molar-refractivity contribution < 1.29 is 14.3 Å². The van der Waals surface area contributed by atoms with Gasteiger partial charge in [-0.2, -0.15) is 0 Å². The van der Waals surface area contributed by atoms with Crippen molar-refractivity contribution in [1.29, 1.82) is 0 Å². The molecule has 2 aromatic rings. The Kier molecular flexibility index (Phi) is 4.48. The van der Waals surface area contributed by atoms with Gasteiger partial charge in [-0.05, 0) is 42.8 Å². The molecule has 0 saturated carbocycles.